The van der Waals surface area contributed by atoms with Gasteiger partial charge >= 0.3 is 6.18 Å². The number of sulfone groups is 1. The van der Waals surface area contributed by atoms with E-state index in [1.54, 1.807) is 12.1 Å². The molecule has 0 aromatic heterocycles. The smallest absolute Gasteiger partial charge is 0.369 e. The van der Waals surface area contributed by atoms with Gasteiger partial charge in [0, 0.05) is 44.0 Å². The van der Waals surface area contributed by atoms with Gasteiger partial charge < -0.3 is 15.1 Å². The van der Waals surface area contributed by atoms with Crippen molar-refractivity contribution in [2.75, 3.05) is 37.6 Å². The van der Waals surface area contributed by atoms with Gasteiger partial charge in [0.25, 0.3) is 0 Å². The lowest BCUT2D eigenvalue weighted by Crippen LogP contribution is -2.53. The maximum Gasteiger partial charge on any atom is 0.403 e. The third kappa shape index (κ3) is 5.46. The lowest BCUT2D eigenvalue weighted by atomic mass is 10.0. The van der Waals surface area contributed by atoms with Gasteiger partial charge in [-0.2, -0.15) is 18.4 Å². The molecule has 42 heavy (non-hydrogen) atoms. The molecule has 2 aliphatic carbocycles. The van der Waals surface area contributed by atoms with Crippen molar-refractivity contribution in [3.63, 3.8) is 0 Å². The Labute approximate surface area is 248 Å². The zero-order valence-corrected chi connectivity index (χ0v) is 25.4. The number of alkyl halides is 3. The SMILES string of the molecule is CC(C)(C)N1CCN(c2ccc(S(=O)(=O)C3CC(C(=O)NC4(C#N)CC4)N(C(=O)C4(C(F)(F)F)CC4)C3)c(Cl)c2)CC1. The molecule has 2 saturated heterocycles. The Bertz CT molecular complexity index is 1420. The summed E-state index contributed by atoms with van der Waals surface area (Å²) in [5.74, 6) is -2.13. The van der Waals surface area contributed by atoms with Crippen LogP contribution in [0.4, 0.5) is 18.9 Å². The number of anilines is 1. The summed E-state index contributed by atoms with van der Waals surface area (Å²) in [5, 5.41) is 10.5. The Hall–Kier alpha value is -2.56. The van der Waals surface area contributed by atoms with E-state index >= 15 is 0 Å². The van der Waals surface area contributed by atoms with Crippen LogP contribution in [0.1, 0.15) is 52.9 Å². The van der Waals surface area contributed by atoms with E-state index in [9.17, 15) is 36.4 Å². The maximum atomic E-state index is 13.9. The van der Waals surface area contributed by atoms with Crippen LogP contribution in [0, 0.1) is 16.7 Å². The van der Waals surface area contributed by atoms with Crippen LogP contribution < -0.4 is 10.2 Å². The number of carbonyl (C=O) groups excluding carboxylic acids is 2. The standard InChI is InChI=1S/C28H35ClF3N5O4S/c1-25(2,3)36-12-10-35(11-13-36)18-4-5-22(20(29)14-18)42(40,41)19-15-21(23(38)34-26(17-33)6-7-26)37(16-19)24(39)27(8-9-27)28(30,31)32/h4-5,14,19,21H,6-13,15-16H2,1-3H3,(H,34,38). The van der Waals surface area contributed by atoms with Crippen molar-refractivity contribution >= 4 is 38.9 Å². The van der Waals surface area contributed by atoms with Crippen LogP contribution >= 0.6 is 11.6 Å². The van der Waals surface area contributed by atoms with Gasteiger partial charge in [-0.15, -0.1) is 0 Å². The van der Waals surface area contributed by atoms with Gasteiger partial charge in [0.05, 0.1) is 21.2 Å². The van der Waals surface area contributed by atoms with Gasteiger partial charge in [0.2, 0.25) is 11.8 Å². The number of halogens is 4. The van der Waals surface area contributed by atoms with Crippen molar-refractivity contribution in [3.8, 4) is 6.07 Å². The largest absolute Gasteiger partial charge is 0.403 e. The molecule has 5 rings (SSSR count). The summed E-state index contributed by atoms with van der Waals surface area (Å²) < 4.78 is 69.1. The molecule has 0 spiro atoms. The van der Waals surface area contributed by atoms with Crippen LogP contribution in [0.5, 0.6) is 0 Å². The van der Waals surface area contributed by atoms with Crippen molar-refractivity contribution in [1.82, 2.24) is 15.1 Å². The summed E-state index contributed by atoms with van der Waals surface area (Å²) in [6, 6.07) is 5.12. The number of nitriles is 1. The molecule has 2 aliphatic heterocycles. The number of benzene rings is 1. The fourth-order valence-electron chi connectivity index (χ4n) is 5.95. The first kappa shape index (κ1) is 30.9. The van der Waals surface area contributed by atoms with E-state index in [0.717, 1.165) is 36.8 Å². The summed E-state index contributed by atoms with van der Waals surface area (Å²) in [7, 11) is -4.25. The highest BCUT2D eigenvalue weighted by atomic mass is 35.5. The van der Waals surface area contributed by atoms with Crippen molar-refractivity contribution in [2.24, 2.45) is 5.41 Å². The van der Waals surface area contributed by atoms with Crippen molar-refractivity contribution < 1.29 is 31.2 Å². The fourth-order valence-corrected chi connectivity index (χ4v) is 8.19. The number of carbonyl (C=O) groups is 2. The van der Waals surface area contributed by atoms with Crippen molar-refractivity contribution in [2.45, 2.75) is 86.3 Å². The Kier molecular flexibility index (Phi) is 7.55. The molecule has 9 nitrogen and oxygen atoms in total. The van der Waals surface area contributed by atoms with Crippen LogP contribution in [0.3, 0.4) is 0 Å². The van der Waals surface area contributed by atoms with Gasteiger partial charge in [-0.25, -0.2) is 8.42 Å². The van der Waals surface area contributed by atoms with Gasteiger partial charge in [-0.3, -0.25) is 14.5 Å². The number of amides is 2. The third-order valence-corrected chi connectivity index (χ3v) is 11.7. The number of piperazine rings is 1. The molecule has 2 heterocycles. The van der Waals surface area contributed by atoms with E-state index in [1.807, 2.05) is 6.07 Å². The lowest BCUT2D eigenvalue weighted by molar-refractivity contribution is -0.199. The summed E-state index contributed by atoms with van der Waals surface area (Å²) in [5.41, 5.74) is -2.98. The Morgan fingerprint density at radius 1 is 1.07 bits per heavy atom. The molecule has 2 amide bonds. The molecule has 1 N–H and O–H groups in total. The van der Waals surface area contributed by atoms with Gasteiger partial charge in [0.1, 0.15) is 17.0 Å². The summed E-state index contributed by atoms with van der Waals surface area (Å²) in [6.07, 6.45) is -5.32. The zero-order valence-electron chi connectivity index (χ0n) is 23.8. The molecule has 4 fully saturated rings. The van der Waals surface area contributed by atoms with Crippen LogP contribution in [0.2, 0.25) is 5.02 Å². The Balaban J connectivity index is 1.38. The van der Waals surface area contributed by atoms with E-state index in [1.165, 1.54) is 6.07 Å². The predicted molar refractivity (Wildman–Crippen MR) is 150 cm³/mol. The number of rotatable bonds is 6. The summed E-state index contributed by atoms with van der Waals surface area (Å²) >= 11 is 6.51. The molecule has 14 heteroatoms. The summed E-state index contributed by atoms with van der Waals surface area (Å²) in [6.45, 7) is 8.95. The number of likely N-dealkylation sites (tertiary alicyclic amines) is 1. The normalized spacial score (nSPS) is 25.6. The van der Waals surface area contributed by atoms with Gasteiger partial charge in [-0.05, 0) is 71.1 Å². The molecule has 4 aliphatic rings. The molecule has 2 unspecified atom stereocenters. The molecule has 1 aromatic carbocycles. The molecule has 1 aromatic rings. The van der Waals surface area contributed by atoms with E-state index < -0.39 is 75.9 Å². The second-order valence-corrected chi connectivity index (χ2v) is 15.5. The molecular formula is C28H35ClF3N5O4S. The highest BCUT2D eigenvalue weighted by Crippen LogP contribution is 2.59. The molecule has 2 atom stereocenters. The third-order valence-electron chi connectivity index (χ3n) is 9.11. The second-order valence-electron chi connectivity index (χ2n) is 12.9. The Morgan fingerprint density at radius 3 is 2.17 bits per heavy atom. The highest BCUT2D eigenvalue weighted by Gasteiger charge is 2.70. The molecule has 0 radical (unpaired) electrons. The molecule has 2 saturated carbocycles. The summed E-state index contributed by atoms with van der Waals surface area (Å²) in [4.78, 5) is 31.5. The zero-order chi connectivity index (χ0) is 30.9. The topological polar surface area (TPSA) is 114 Å². The number of nitrogens with zero attached hydrogens (tertiary/aromatic N) is 4. The minimum absolute atomic E-state index is 0.0279. The fraction of sp³-hybridized carbons (Fsp3) is 0.679. The predicted octanol–water partition coefficient (Wildman–Crippen LogP) is 3.52. The maximum absolute atomic E-state index is 13.9. The van der Waals surface area contributed by atoms with Crippen LogP contribution in [-0.2, 0) is 19.4 Å². The number of nitrogens with one attached hydrogen (secondary N) is 1. The monoisotopic (exact) mass is 629 g/mol. The van der Waals surface area contributed by atoms with Crippen LogP contribution in [0.25, 0.3) is 0 Å². The van der Waals surface area contributed by atoms with E-state index in [4.69, 9.17) is 11.6 Å². The lowest BCUT2D eigenvalue weighted by Gasteiger charge is -2.43. The van der Waals surface area contributed by atoms with Crippen molar-refractivity contribution in [3.05, 3.63) is 23.2 Å². The first-order valence-electron chi connectivity index (χ1n) is 14.1. The molecule has 230 valence electrons. The van der Waals surface area contributed by atoms with Crippen LogP contribution in [-0.4, -0.2) is 91.3 Å². The number of hydrogen-bond donors (Lipinski definition) is 1. The van der Waals surface area contributed by atoms with E-state index in [2.05, 4.69) is 35.9 Å². The second kappa shape index (κ2) is 10.3. The quantitative estimate of drug-likeness (QED) is 0.512. The Morgan fingerprint density at radius 2 is 1.69 bits per heavy atom. The molecule has 0 bridgehead atoms. The first-order valence-corrected chi connectivity index (χ1v) is 16.0. The van der Waals surface area contributed by atoms with E-state index in [-0.39, 0.29) is 15.5 Å². The van der Waals surface area contributed by atoms with Gasteiger partial charge in [0.15, 0.2) is 9.84 Å². The van der Waals surface area contributed by atoms with Gasteiger partial charge in [-0.1, -0.05) is 11.6 Å². The average molecular weight is 630 g/mol. The van der Waals surface area contributed by atoms with E-state index in [0.29, 0.717) is 12.8 Å². The van der Waals surface area contributed by atoms with Crippen LogP contribution in [0.15, 0.2) is 23.1 Å². The minimum Gasteiger partial charge on any atom is -0.369 e. The molecular weight excluding hydrogens is 595 g/mol. The first-order chi connectivity index (χ1) is 19.4. The average Bonchev–Trinajstić information content (AvgIpc) is 3.83. The van der Waals surface area contributed by atoms with Crippen molar-refractivity contribution in [1.29, 1.82) is 5.26 Å². The minimum atomic E-state index is -4.83. The highest BCUT2D eigenvalue weighted by molar-refractivity contribution is 7.92. The number of hydrogen-bond acceptors (Lipinski definition) is 7.